The molecule has 0 saturated carbocycles. The predicted molar refractivity (Wildman–Crippen MR) is 144 cm³/mol. The number of para-hydroxylation sites is 1. The van der Waals surface area contributed by atoms with E-state index in [-0.39, 0.29) is 24.3 Å². The van der Waals surface area contributed by atoms with E-state index in [1.54, 1.807) is 6.20 Å². The number of hydrogen-bond donors (Lipinski definition) is 9. The third-order valence-corrected chi connectivity index (χ3v) is 6.40. The van der Waals surface area contributed by atoms with Gasteiger partial charge in [-0.25, -0.2) is 4.79 Å². The number of thiol groups is 2. The summed E-state index contributed by atoms with van der Waals surface area (Å²) in [6.45, 7) is 0.400. The normalized spacial score (nSPS) is 14.4. The van der Waals surface area contributed by atoms with Gasteiger partial charge in [0.05, 0.1) is 6.04 Å². The van der Waals surface area contributed by atoms with Gasteiger partial charge in [-0.2, -0.15) is 25.3 Å². The predicted octanol–water partition coefficient (Wildman–Crippen LogP) is -0.435. The zero-order valence-electron chi connectivity index (χ0n) is 19.8. The quantitative estimate of drug-likeness (QED) is 0.108. The Morgan fingerprint density at radius 2 is 1.56 bits per heavy atom. The molecule has 0 aliphatic rings. The monoisotopic (exact) mass is 538 g/mol. The van der Waals surface area contributed by atoms with Crippen molar-refractivity contribution in [2.24, 2.45) is 11.5 Å². The van der Waals surface area contributed by atoms with Crippen molar-refractivity contribution in [3.05, 3.63) is 36.0 Å². The van der Waals surface area contributed by atoms with E-state index in [4.69, 9.17) is 11.5 Å². The Bertz CT molecular complexity index is 1050. The zero-order valence-corrected chi connectivity index (χ0v) is 21.6. The largest absolute Gasteiger partial charge is 0.480 e. The number of carbonyl (C=O) groups is 4. The van der Waals surface area contributed by atoms with Crippen molar-refractivity contribution in [3.8, 4) is 0 Å². The van der Waals surface area contributed by atoms with Crippen LogP contribution in [-0.2, 0) is 25.6 Å². The molecule has 36 heavy (non-hydrogen) atoms. The highest BCUT2D eigenvalue weighted by atomic mass is 32.1. The molecule has 1 aromatic heterocycles. The summed E-state index contributed by atoms with van der Waals surface area (Å²) in [5, 5.41) is 18.3. The summed E-state index contributed by atoms with van der Waals surface area (Å²) in [6, 6.07) is 3.23. The molecule has 0 saturated heterocycles. The van der Waals surface area contributed by atoms with Gasteiger partial charge in [0, 0.05) is 35.0 Å². The number of nitrogens with one attached hydrogen (secondary N) is 4. The second-order valence-electron chi connectivity index (χ2n) is 8.34. The Hall–Kier alpha value is -2.74. The Labute approximate surface area is 220 Å². The molecule has 2 rings (SSSR count). The number of aromatic amines is 1. The number of fused-ring (bicyclic) bond motifs is 1. The highest BCUT2D eigenvalue weighted by Crippen LogP contribution is 2.19. The SMILES string of the molecule is NCCCCC(NC(=O)C(CS)NC(=O)C(N)CS)C(=O)NC(Cc1c[nH]c2ccccc12)C(=O)O. The second kappa shape index (κ2) is 14.7. The first-order valence-electron chi connectivity index (χ1n) is 11.6. The average molecular weight is 539 g/mol. The smallest absolute Gasteiger partial charge is 0.326 e. The van der Waals surface area contributed by atoms with Crippen molar-refractivity contribution in [2.75, 3.05) is 18.1 Å². The minimum atomic E-state index is -1.22. The highest BCUT2D eigenvalue weighted by molar-refractivity contribution is 7.80. The lowest BCUT2D eigenvalue weighted by Gasteiger charge is -2.24. The number of aliphatic carboxylic acids is 1. The van der Waals surface area contributed by atoms with Gasteiger partial charge in [-0.05, 0) is 37.4 Å². The lowest BCUT2D eigenvalue weighted by atomic mass is 10.0. The first-order valence-corrected chi connectivity index (χ1v) is 12.8. The summed E-state index contributed by atoms with van der Waals surface area (Å²) < 4.78 is 0. The molecular formula is C23H34N6O5S2. The van der Waals surface area contributed by atoms with Gasteiger partial charge in [0.25, 0.3) is 0 Å². The molecule has 2 aromatic rings. The molecule has 0 fully saturated rings. The summed E-state index contributed by atoms with van der Waals surface area (Å²) in [6.07, 6.45) is 3.13. The Morgan fingerprint density at radius 1 is 0.917 bits per heavy atom. The lowest BCUT2D eigenvalue weighted by Crippen LogP contribution is -2.58. The third kappa shape index (κ3) is 8.43. The third-order valence-electron chi connectivity index (χ3n) is 5.64. The Kier molecular flexibility index (Phi) is 12.1. The van der Waals surface area contributed by atoms with E-state index in [2.05, 4.69) is 46.2 Å². The first kappa shape index (κ1) is 29.5. The van der Waals surface area contributed by atoms with Gasteiger partial charge in [-0.1, -0.05) is 18.2 Å². The van der Waals surface area contributed by atoms with E-state index < -0.39 is 47.9 Å². The summed E-state index contributed by atoms with van der Waals surface area (Å²) in [5.74, 6) is -3.02. The molecule has 0 bridgehead atoms. The van der Waals surface area contributed by atoms with E-state index in [0.29, 0.717) is 19.4 Å². The number of carbonyl (C=O) groups excluding carboxylic acids is 3. The summed E-state index contributed by atoms with van der Waals surface area (Å²) >= 11 is 8.08. The number of nitrogens with two attached hydrogens (primary N) is 2. The second-order valence-corrected chi connectivity index (χ2v) is 9.07. The average Bonchev–Trinajstić information content (AvgIpc) is 3.28. The lowest BCUT2D eigenvalue weighted by molar-refractivity contribution is -0.142. The van der Waals surface area contributed by atoms with Gasteiger partial charge in [0.15, 0.2) is 0 Å². The fourth-order valence-electron chi connectivity index (χ4n) is 3.58. The molecule has 1 aromatic carbocycles. The maximum atomic E-state index is 13.1. The van der Waals surface area contributed by atoms with Crippen molar-refractivity contribution in [1.29, 1.82) is 0 Å². The molecule has 1 heterocycles. The van der Waals surface area contributed by atoms with E-state index in [1.807, 2.05) is 24.3 Å². The standard InChI is InChI=1S/C23H34N6O5S2/c24-8-4-3-7-17(27-22(32)19(12-36)29-20(30)15(25)11-35)21(31)28-18(23(33)34)9-13-10-26-16-6-2-1-5-14(13)16/h1-2,5-6,10,15,17-19,26,35-36H,3-4,7-9,11-12,24-25H2,(H,27,32)(H,28,31)(H,29,30)(H,33,34). The van der Waals surface area contributed by atoms with Crippen LogP contribution in [0.3, 0.4) is 0 Å². The minimum absolute atomic E-state index is 0.0354. The molecule has 13 heteroatoms. The topological polar surface area (TPSA) is 192 Å². The fraction of sp³-hybridized carbons (Fsp3) is 0.478. The number of rotatable bonds is 15. The maximum Gasteiger partial charge on any atom is 0.326 e. The van der Waals surface area contributed by atoms with E-state index >= 15 is 0 Å². The molecule has 4 atom stereocenters. The molecule has 9 N–H and O–H groups in total. The molecule has 0 spiro atoms. The van der Waals surface area contributed by atoms with Gasteiger partial charge < -0.3 is 37.5 Å². The van der Waals surface area contributed by atoms with Crippen LogP contribution in [0.15, 0.2) is 30.5 Å². The van der Waals surface area contributed by atoms with Gasteiger partial charge in [0.1, 0.15) is 18.1 Å². The number of H-pyrrole nitrogens is 1. The van der Waals surface area contributed by atoms with Crippen LogP contribution < -0.4 is 27.4 Å². The van der Waals surface area contributed by atoms with E-state index in [9.17, 15) is 24.3 Å². The van der Waals surface area contributed by atoms with Crippen LogP contribution in [0, 0.1) is 0 Å². The van der Waals surface area contributed by atoms with Crippen molar-refractivity contribution in [3.63, 3.8) is 0 Å². The van der Waals surface area contributed by atoms with E-state index in [1.165, 1.54) is 0 Å². The molecule has 0 aliphatic carbocycles. The number of carboxylic acids is 1. The van der Waals surface area contributed by atoms with Crippen molar-refractivity contribution in [1.82, 2.24) is 20.9 Å². The van der Waals surface area contributed by atoms with Crippen molar-refractivity contribution >= 4 is 59.9 Å². The van der Waals surface area contributed by atoms with Crippen LogP contribution in [0.2, 0.25) is 0 Å². The van der Waals surface area contributed by atoms with Gasteiger partial charge in [-0.3, -0.25) is 14.4 Å². The Balaban J connectivity index is 2.13. The number of aromatic nitrogens is 1. The van der Waals surface area contributed by atoms with Crippen molar-refractivity contribution in [2.45, 2.75) is 49.9 Å². The van der Waals surface area contributed by atoms with Gasteiger partial charge in [-0.15, -0.1) is 0 Å². The fourth-order valence-corrected chi connectivity index (χ4v) is 4.01. The Morgan fingerprint density at radius 3 is 2.19 bits per heavy atom. The molecule has 0 aliphatic heterocycles. The van der Waals surface area contributed by atoms with E-state index in [0.717, 1.165) is 16.5 Å². The van der Waals surface area contributed by atoms with Gasteiger partial charge >= 0.3 is 5.97 Å². The summed E-state index contributed by atoms with van der Waals surface area (Å²) in [7, 11) is 0. The summed E-state index contributed by atoms with van der Waals surface area (Å²) in [5.41, 5.74) is 12.8. The maximum absolute atomic E-state index is 13.1. The van der Waals surface area contributed by atoms with Crippen molar-refractivity contribution < 1.29 is 24.3 Å². The van der Waals surface area contributed by atoms with Gasteiger partial charge in [0.2, 0.25) is 17.7 Å². The number of carboxylic acid groups (broad SMARTS) is 1. The number of hydrogen-bond acceptors (Lipinski definition) is 8. The minimum Gasteiger partial charge on any atom is -0.480 e. The summed E-state index contributed by atoms with van der Waals surface area (Å²) in [4.78, 5) is 53.1. The number of unbranched alkanes of at least 4 members (excludes halogenated alkanes) is 1. The van der Waals surface area contributed by atoms with Crippen LogP contribution in [0.4, 0.5) is 0 Å². The number of amides is 3. The van der Waals surface area contributed by atoms with Crippen LogP contribution in [0.25, 0.3) is 10.9 Å². The highest BCUT2D eigenvalue weighted by Gasteiger charge is 2.30. The molecular weight excluding hydrogens is 504 g/mol. The number of benzene rings is 1. The zero-order chi connectivity index (χ0) is 26.7. The van der Waals surface area contributed by atoms with Crippen LogP contribution in [0.1, 0.15) is 24.8 Å². The molecule has 198 valence electrons. The van der Waals surface area contributed by atoms with Crippen LogP contribution >= 0.6 is 25.3 Å². The van der Waals surface area contributed by atoms with Crippen LogP contribution in [0.5, 0.6) is 0 Å². The molecule has 3 amide bonds. The molecule has 4 unspecified atom stereocenters. The first-order chi connectivity index (χ1) is 17.2. The molecule has 0 radical (unpaired) electrons. The molecule has 11 nitrogen and oxygen atoms in total. The van der Waals surface area contributed by atoms with Crippen LogP contribution in [-0.4, -0.2) is 76.0 Å².